The molecule has 3 aromatic rings. The van der Waals surface area contributed by atoms with Gasteiger partial charge in [0.2, 0.25) is 5.91 Å². The van der Waals surface area contributed by atoms with Crippen LogP contribution in [0.5, 0.6) is 0 Å². The van der Waals surface area contributed by atoms with Crippen molar-refractivity contribution in [3.63, 3.8) is 0 Å². The van der Waals surface area contributed by atoms with Gasteiger partial charge < -0.3 is 11.1 Å². The highest BCUT2D eigenvalue weighted by Gasteiger charge is 2.23. The zero-order chi connectivity index (χ0) is 17.3. The molecule has 1 heterocycles. The fourth-order valence-electron chi connectivity index (χ4n) is 2.57. The minimum absolute atomic E-state index is 0.352. The summed E-state index contributed by atoms with van der Waals surface area (Å²) in [6.45, 7) is 1.76. The monoisotopic (exact) mass is 342 g/mol. The molecule has 0 bridgehead atoms. The van der Waals surface area contributed by atoms with Crippen LogP contribution in [0.2, 0.25) is 0 Å². The van der Waals surface area contributed by atoms with Crippen LogP contribution in [0, 0.1) is 12.7 Å². The number of primary amides is 1. The Morgan fingerprint density at radius 2 is 1.88 bits per heavy atom. The van der Waals surface area contributed by atoms with Crippen LogP contribution in [-0.2, 0) is 4.79 Å². The maximum absolute atomic E-state index is 13.4. The van der Waals surface area contributed by atoms with Crippen molar-refractivity contribution in [2.45, 2.75) is 13.0 Å². The predicted molar refractivity (Wildman–Crippen MR) is 92.4 cm³/mol. The lowest BCUT2D eigenvalue weighted by Crippen LogP contribution is -2.37. The van der Waals surface area contributed by atoms with E-state index in [2.05, 4.69) is 5.32 Å². The Kier molecular flexibility index (Phi) is 4.31. The summed E-state index contributed by atoms with van der Waals surface area (Å²) in [5.74, 6) is -1.39. The number of carbonyl (C=O) groups excluding carboxylic acids is 2. The highest BCUT2D eigenvalue weighted by Crippen LogP contribution is 2.31. The second-order valence-corrected chi connectivity index (χ2v) is 6.47. The smallest absolute Gasteiger partial charge is 0.262 e. The van der Waals surface area contributed by atoms with E-state index < -0.39 is 17.9 Å². The maximum atomic E-state index is 13.4. The molecule has 0 aliphatic heterocycles. The van der Waals surface area contributed by atoms with E-state index in [0.717, 1.165) is 4.70 Å². The summed E-state index contributed by atoms with van der Waals surface area (Å²) in [5, 5.41) is 3.36. The molecule has 122 valence electrons. The first-order chi connectivity index (χ1) is 11.5. The van der Waals surface area contributed by atoms with Crippen molar-refractivity contribution >= 4 is 33.2 Å². The molecule has 0 fully saturated rings. The Morgan fingerprint density at radius 3 is 2.54 bits per heavy atom. The first kappa shape index (κ1) is 16.1. The Bertz CT molecular complexity index is 921. The van der Waals surface area contributed by atoms with Gasteiger partial charge in [0, 0.05) is 4.70 Å². The van der Waals surface area contributed by atoms with Crippen LogP contribution < -0.4 is 11.1 Å². The fourth-order valence-corrected chi connectivity index (χ4v) is 3.66. The highest BCUT2D eigenvalue weighted by atomic mass is 32.1. The van der Waals surface area contributed by atoms with Gasteiger partial charge in [-0.2, -0.15) is 0 Å². The van der Waals surface area contributed by atoms with Crippen molar-refractivity contribution in [1.29, 1.82) is 0 Å². The van der Waals surface area contributed by atoms with Crippen LogP contribution in [0.4, 0.5) is 4.39 Å². The molecule has 0 saturated heterocycles. The predicted octanol–water partition coefficient (Wildman–Crippen LogP) is 3.31. The average Bonchev–Trinajstić information content (AvgIpc) is 2.89. The summed E-state index contributed by atoms with van der Waals surface area (Å²) in [5.41, 5.74) is 6.73. The number of fused-ring (bicyclic) bond motifs is 1. The normalized spacial score (nSPS) is 12.1. The van der Waals surface area contributed by atoms with Crippen LogP contribution in [0.1, 0.15) is 26.8 Å². The second kappa shape index (κ2) is 6.41. The average molecular weight is 342 g/mol. The van der Waals surface area contributed by atoms with Crippen LogP contribution >= 0.6 is 11.3 Å². The van der Waals surface area contributed by atoms with Gasteiger partial charge in [-0.3, -0.25) is 9.59 Å². The third kappa shape index (κ3) is 3.00. The molecule has 2 aromatic carbocycles. The molecule has 0 unspecified atom stereocenters. The van der Waals surface area contributed by atoms with Gasteiger partial charge in [0.15, 0.2) is 0 Å². The second-order valence-electron chi connectivity index (χ2n) is 5.42. The van der Waals surface area contributed by atoms with Gasteiger partial charge in [-0.15, -0.1) is 11.3 Å². The lowest BCUT2D eigenvalue weighted by molar-refractivity contribution is -0.120. The highest BCUT2D eigenvalue weighted by molar-refractivity contribution is 7.21. The standard InChI is InChI=1S/C18H15FN2O2S/c1-10-13-9-12(19)7-8-14(13)24-16(10)18(23)21-15(17(20)22)11-5-3-2-4-6-11/h2-9,15H,1H3,(H2,20,22)(H,21,23)/t15-/m1/s1. The van der Waals surface area contributed by atoms with Crippen molar-refractivity contribution in [2.24, 2.45) is 5.73 Å². The van der Waals surface area contributed by atoms with E-state index in [-0.39, 0.29) is 5.82 Å². The fraction of sp³-hybridized carbons (Fsp3) is 0.111. The van der Waals surface area contributed by atoms with Gasteiger partial charge in [0.25, 0.3) is 5.91 Å². The molecule has 6 heteroatoms. The van der Waals surface area contributed by atoms with Gasteiger partial charge in [0.1, 0.15) is 11.9 Å². The lowest BCUT2D eigenvalue weighted by Gasteiger charge is -2.15. The van der Waals surface area contributed by atoms with Crippen LogP contribution in [0.25, 0.3) is 10.1 Å². The van der Waals surface area contributed by atoms with Crippen LogP contribution in [0.3, 0.4) is 0 Å². The van der Waals surface area contributed by atoms with E-state index >= 15 is 0 Å². The lowest BCUT2D eigenvalue weighted by atomic mass is 10.1. The molecule has 0 aliphatic carbocycles. The number of carbonyl (C=O) groups is 2. The molecule has 24 heavy (non-hydrogen) atoms. The summed E-state index contributed by atoms with van der Waals surface area (Å²) in [6.07, 6.45) is 0. The molecule has 4 nitrogen and oxygen atoms in total. The Hall–Kier alpha value is -2.73. The zero-order valence-electron chi connectivity index (χ0n) is 12.9. The number of hydrogen-bond donors (Lipinski definition) is 2. The zero-order valence-corrected chi connectivity index (χ0v) is 13.7. The molecule has 0 saturated carbocycles. The third-order valence-corrected chi connectivity index (χ3v) is 5.07. The topological polar surface area (TPSA) is 72.2 Å². The quantitative estimate of drug-likeness (QED) is 0.763. The molecule has 0 radical (unpaired) electrons. The van der Waals surface area contributed by atoms with E-state index in [0.29, 0.717) is 21.4 Å². The molecule has 2 amide bonds. The number of nitrogens with one attached hydrogen (secondary N) is 1. The summed E-state index contributed by atoms with van der Waals surface area (Å²) < 4.78 is 14.2. The number of amides is 2. The number of benzene rings is 2. The first-order valence-corrected chi connectivity index (χ1v) is 8.13. The molecule has 1 aromatic heterocycles. The van der Waals surface area contributed by atoms with Gasteiger partial charge in [-0.1, -0.05) is 30.3 Å². The van der Waals surface area contributed by atoms with Crippen molar-refractivity contribution in [1.82, 2.24) is 5.32 Å². The van der Waals surface area contributed by atoms with Crippen molar-refractivity contribution in [3.05, 3.63) is 70.4 Å². The number of halogens is 1. The van der Waals surface area contributed by atoms with E-state index in [1.807, 2.05) is 6.07 Å². The summed E-state index contributed by atoms with van der Waals surface area (Å²) in [6, 6.07) is 12.3. The Balaban J connectivity index is 1.94. The number of thiophene rings is 1. The Labute approximate surface area is 142 Å². The molecule has 0 aliphatic rings. The van der Waals surface area contributed by atoms with Gasteiger partial charge in [-0.25, -0.2) is 4.39 Å². The summed E-state index contributed by atoms with van der Waals surface area (Å²) >= 11 is 1.26. The molecule has 0 spiro atoms. The molecule has 1 atom stereocenters. The van der Waals surface area contributed by atoms with Gasteiger partial charge in [0.05, 0.1) is 4.88 Å². The van der Waals surface area contributed by atoms with E-state index in [9.17, 15) is 14.0 Å². The number of hydrogen-bond acceptors (Lipinski definition) is 3. The van der Waals surface area contributed by atoms with E-state index in [1.165, 1.54) is 23.5 Å². The molecular formula is C18H15FN2O2S. The maximum Gasteiger partial charge on any atom is 0.262 e. The number of rotatable bonds is 4. The largest absolute Gasteiger partial charge is 0.368 e. The molecule has 3 N–H and O–H groups in total. The van der Waals surface area contributed by atoms with E-state index in [4.69, 9.17) is 5.73 Å². The number of nitrogens with two attached hydrogens (primary N) is 1. The Morgan fingerprint density at radius 1 is 1.17 bits per heavy atom. The minimum Gasteiger partial charge on any atom is -0.368 e. The number of aryl methyl sites for hydroxylation is 1. The summed E-state index contributed by atoms with van der Waals surface area (Å²) in [7, 11) is 0. The van der Waals surface area contributed by atoms with Crippen molar-refractivity contribution in [3.8, 4) is 0 Å². The van der Waals surface area contributed by atoms with Gasteiger partial charge in [-0.05, 0) is 41.6 Å². The molecular weight excluding hydrogens is 327 g/mol. The SMILES string of the molecule is Cc1c(C(=O)N[C@@H](C(N)=O)c2ccccc2)sc2ccc(F)cc12. The van der Waals surface area contributed by atoms with Crippen molar-refractivity contribution < 1.29 is 14.0 Å². The van der Waals surface area contributed by atoms with Gasteiger partial charge >= 0.3 is 0 Å². The van der Waals surface area contributed by atoms with Crippen molar-refractivity contribution in [2.75, 3.05) is 0 Å². The third-order valence-electron chi connectivity index (χ3n) is 3.80. The minimum atomic E-state index is -0.917. The first-order valence-electron chi connectivity index (χ1n) is 7.31. The van der Waals surface area contributed by atoms with Crippen LogP contribution in [0.15, 0.2) is 48.5 Å². The van der Waals surface area contributed by atoms with E-state index in [1.54, 1.807) is 37.3 Å². The molecule has 3 rings (SSSR count). The summed E-state index contributed by atoms with van der Waals surface area (Å²) in [4.78, 5) is 24.8. The van der Waals surface area contributed by atoms with Crippen LogP contribution in [-0.4, -0.2) is 11.8 Å².